The zero-order valence-electron chi connectivity index (χ0n) is 8.06. The second-order valence-electron chi connectivity index (χ2n) is 3.96. The Morgan fingerprint density at radius 1 is 1.23 bits per heavy atom. The first-order chi connectivity index (χ1) is 5.31. The molecular formula is C7H13BF3KO. The van der Waals surface area contributed by atoms with Crippen LogP contribution in [0.1, 0.15) is 32.6 Å². The van der Waals surface area contributed by atoms with E-state index in [1.165, 1.54) is 0 Å². The smallest absolute Gasteiger partial charge is 0.449 e. The third kappa shape index (κ3) is 4.66. The van der Waals surface area contributed by atoms with Crippen molar-refractivity contribution in [2.45, 2.75) is 44.0 Å². The van der Waals surface area contributed by atoms with E-state index in [0.717, 1.165) is 0 Å². The zero-order chi connectivity index (χ0) is 9.41. The molecular weight excluding hydrogens is 207 g/mol. The molecule has 1 aliphatic carbocycles. The average Bonchev–Trinajstić information content (AvgIpc) is 1.83. The molecule has 0 atom stereocenters. The average molecular weight is 220 g/mol. The fourth-order valence-corrected chi connectivity index (χ4v) is 1.64. The molecule has 0 aromatic carbocycles. The van der Waals surface area contributed by atoms with Gasteiger partial charge in [-0.1, -0.05) is 18.7 Å². The van der Waals surface area contributed by atoms with Crippen LogP contribution in [0.4, 0.5) is 12.9 Å². The van der Waals surface area contributed by atoms with E-state index in [9.17, 15) is 18.1 Å². The van der Waals surface area contributed by atoms with Gasteiger partial charge in [0, 0.05) is 0 Å². The molecule has 0 saturated heterocycles. The maximum absolute atomic E-state index is 12.2. The maximum atomic E-state index is 12.2. The van der Waals surface area contributed by atoms with E-state index in [0.29, 0.717) is 0 Å². The van der Waals surface area contributed by atoms with Crippen LogP contribution in [0.25, 0.3) is 0 Å². The molecule has 0 amide bonds. The number of halogens is 3. The van der Waals surface area contributed by atoms with Crippen molar-refractivity contribution < 1.29 is 69.4 Å². The molecule has 1 aliphatic rings. The predicted molar refractivity (Wildman–Crippen MR) is 41.9 cm³/mol. The summed E-state index contributed by atoms with van der Waals surface area (Å²) in [6, 6.07) is 0. The molecule has 6 heteroatoms. The Kier molecular flexibility index (Phi) is 5.54. The van der Waals surface area contributed by atoms with Crippen LogP contribution in [0.2, 0.25) is 5.82 Å². The van der Waals surface area contributed by atoms with Crippen LogP contribution in [-0.2, 0) is 0 Å². The molecule has 1 rings (SSSR count). The van der Waals surface area contributed by atoms with Crippen molar-refractivity contribution in [2.24, 2.45) is 0 Å². The van der Waals surface area contributed by atoms with E-state index in [1.807, 2.05) is 0 Å². The van der Waals surface area contributed by atoms with E-state index in [4.69, 9.17) is 0 Å². The summed E-state index contributed by atoms with van der Waals surface area (Å²) in [6.45, 7) is -3.08. The van der Waals surface area contributed by atoms with Crippen molar-refractivity contribution in [3.8, 4) is 0 Å². The van der Waals surface area contributed by atoms with Gasteiger partial charge in [0.05, 0.1) is 5.60 Å². The first-order valence-corrected chi connectivity index (χ1v) is 4.24. The summed E-state index contributed by atoms with van der Waals surface area (Å²) in [4.78, 5) is 0. The molecule has 72 valence electrons. The number of aliphatic hydroxyl groups is 1. The van der Waals surface area contributed by atoms with Gasteiger partial charge in [0.1, 0.15) is 0 Å². The van der Waals surface area contributed by atoms with E-state index in [-0.39, 0.29) is 77.1 Å². The second kappa shape index (κ2) is 4.99. The standard InChI is InChI=1S/C7H13BF3O.K/c1-7(12)4-2-6(3-5-7)8(9,10)11;/h6,12H,2-5H2,1H3;/q-1;+1. The summed E-state index contributed by atoms with van der Waals surface area (Å²) in [7, 11) is 0. The van der Waals surface area contributed by atoms with Crippen LogP contribution in [0, 0.1) is 0 Å². The molecule has 1 nitrogen and oxygen atoms in total. The fourth-order valence-electron chi connectivity index (χ4n) is 1.64. The Labute approximate surface area is 119 Å². The predicted octanol–water partition coefficient (Wildman–Crippen LogP) is -0.467. The summed E-state index contributed by atoms with van der Waals surface area (Å²) in [5.74, 6) is -1.13. The van der Waals surface area contributed by atoms with Crippen molar-refractivity contribution in [1.82, 2.24) is 0 Å². The molecule has 0 spiro atoms. The van der Waals surface area contributed by atoms with Gasteiger partial charge in [0.25, 0.3) is 0 Å². The molecule has 13 heavy (non-hydrogen) atoms. The van der Waals surface area contributed by atoms with Crippen molar-refractivity contribution in [2.75, 3.05) is 0 Å². The molecule has 1 N–H and O–H groups in total. The van der Waals surface area contributed by atoms with Crippen LogP contribution in [-0.4, -0.2) is 17.7 Å². The van der Waals surface area contributed by atoms with Gasteiger partial charge >= 0.3 is 58.4 Å². The second-order valence-corrected chi connectivity index (χ2v) is 3.96. The molecule has 0 aromatic heterocycles. The van der Waals surface area contributed by atoms with Gasteiger partial charge in [0.2, 0.25) is 0 Å². The van der Waals surface area contributed by atoms with Crippen LogP contribution in [0.15, 0.2) is 0 Å². The van der Waals surface area contributed by atoms with Crippen LogP contribution in [0.3, 0.4) is 0 Å². The Hall–Kier alpha value is 1.45. The third-order valence-electron chi connectivity index (χ3n) is 2.64. The molecule has 0 heterocycles. The quantitative estimate of drug-likeness (QED) is 0.592. The molecule has 0 bridgehead atoms. The van der Waals surface area contributed by atoms with E-state index in [2.05, 4.69) is 0 Å². The fraction of sp³-hybridized carbons (Fsp3) is 1.00. The minimum absolute atomic E-state index is 0. The summed E-state index contributed by atoms with van der Waals surface area (Å²) in [5.41, 5.74) is -0.863. The van der Waals surface area contributed by atoms with Gasteiger partial charge in [-0.3, -0.25) is 0 Å². The number of hydrogen-bond donors (Lipinski definition) is 1. The summed E-state index contributed by atoms with van der Waals surface area (Å²) >= 11 is 0. The van der Waals surface area contributed by atoms with Crippen molar-refractivity contribution in [1.29, 1.82) is 0 Å². The molecule has 0 aromatic rings. The number of hydrogen-bond acceptors (Lipinski definition) is 1. The number of rotatable bonds is 1. The minimum atomic E-state index is -4.68. The van der Waals surface area contributed by atoms with E-state index < -0.39 is 18.4 Å². The SMILES string of the molecule is CC1(O)CCC([B-](F)(F)F)CC1.[K+]. The monoisotopic (exact) mass is 220 g/mol. The first-order valence-electron chi connectivity index (χ1n) is 4.24. The molecule has 1 saturated carbocycles. The Morgan fingerprint density at radius 3 is 1.92 bits per heavy atom. The minimum Gasteiger partial charge on any atom is -0.449 e. The Balaban J connectivity index is 0.00000144. The van der Waals surface area contributed by atoms with Gasteiger partial charge in [-0.05, 0) is 19.8 Å². The Bertz CT molecular complexity index is 162. The third-order valence-corrected chi connectivity index (χ3v) is 2.64. The van der Waals surface area contributed by atoms with Gasteiger partial charge in [-0.15, -0.1) is 0 Å². The Morgan fingerprint density at radius 2 is 1.62 bits per heavy atom. The van der Waals surface area contributed by atoms with Crippen LogP contribution >= 0.6 is 0 Å². The molecule has 0 aliphatic heterocycles. The molecule has 0 unspecified atom stereocenters. The van der Waals surface area contributed by atoms with Crippen molar-refractivity contribution in [3.63, 3.8) is 0 Å². The summed E-state index contributed by atoms with van der Waals surface area (Å²) in [6.07, 6.45) is 0.741. The van der Waals surface area contributed by atoms with Crippen molar-refractivity contribution in [3.05, 3.63) is 0 Å². The van der Waals surface area contributed by atoms with Gasteiger partial charge in [-0.2, -0.15) is 0 Å². The maximum Gasteiger partial charge on any atom is 1.00 e. The zero-order valence-corrected chi connectivity index (χ0v) is 11.2. The van der Waals surface area contributed by atoms with Gasteiger partial charge in [0.15, 0.2) is 0 Å². The van der Waals surface area contributed by atoms with Gasteiger partial charge in [-0.25, -0.2) is 0 Å². The first kappa shape index (κ1) is 14.5. The molecule has 0 radical (unpaired) electrons. The van der Waals surface area contributed by atoms with Crippen LogP contribution < -0.4 is 51.4 Å². The normalized spacial score (nSPS) is 35.3. The van der Waals surface area contributed by atoms with Crippen molar-refractivity contribution >= 4 is 6.98 Å². The summed E-state index contributed by atoms with van der Waals surface area (Å²) < 4.78 is 36.5. The largest absolute Gasteiger partial charge is 1.00 e. The van der Waals surface area contributed by atoms with Crippen LogP contribution in [0.5, 0.6) is 0 Å². The van der Waals surface area contributed by atoms with E-state index in [1.54, 1.807) is 6.92 Å². The summed E-state index contributed by atoms with van der Waals surface area (Å²) in [5, 5.41) is 9.40. The topological polar surface area (TPSA) is 20.2 Å². The van der Waals surface area contributed by atoms with Gasteiger partial charge < -0.3 is 18.1 Å². The molecule has 1 fully saturated rings. The van der Waals surface area contributed by atoms with E-state index >= 15 is 0 Å².